The third-order valence-corrected chi connectivity index (χ3v) is 6.00. The van der Waals surface area contributed by atoms with Crippen molar-refractivity contribution in [3.8, 4) is 11.3 Å². The number of nitrogens with one attached hydrogen (secondary N) is 1. The highest BCUT2D eigenvalue weighted by Crippen LogP contribution is 2.34. The fourth-order valence-corrected chi connectivity index (χ4v) is 4.23. The fraction of sp³-hybridized carbons (Fsp3) is 0.238. The van der Waals surface area contributed by atoms with Gasteiger partial charge in [-0.05, 0) is 19.1 Å². The van der Waals surface area contributed by atoms with Crippen LogP contribution in [0, 0.1) is 12.7 Å². The smallest absolute Gasteiger partial charge is 0.419 e. The van der Waals surface area contributed by atoms with Crippen molar-refractivity contribution in [3.05, 3.63) is 67.1 Å². The van der Waals surface area contributed by atoms with Crippen LogP contribution in [0.3, 0.4) is 0 Å². The molecule has 1 amide bonds. The van der Waals surface area contributed by atoms with Crippen LogP contribution in [0.1, 0.15) is 16.9 Å². The van der Waals surface area contributed by atoms with Crippen LogP contribution in [0.4, 0.5) is 22.7 Å². The van der Waals surface area contributed by atoms with E-state index in [0.29, 0.717) is 17.4 Å². The van der Waals surface area contributed by atoms with E-state index in [9.17, 15) is 31.9 Å². The first-order valence-electron chi connectivity index (χ1n) is 9.69. The molecule has 0 unspecified atom stereocenters. The lowest BCUT2D eigenvalue weighted by molar-refractivity contribution is -0.140. The highest BCUT2D eigenvalue weighted by atomic mass is 32.1. The molecule has 0 spiro atoms. The normalized spacial score (nSPS) is 11.9. The van der Waals surface area contributed by atoms with Crippen molar-refractivity contribution in [3.63, 3.8) is 0 Å². The van der Waals surface area contributed by atoms with Crippen LogP contribution in [0.2, 0.25) is 0 Å². The molecule has 4 rings (SSSR count). The van der Waals surface area contributed by atoms with Crippen LogP contribution < -0.4 is 16.6 Å². The fourth-order valence-electron chi connectivity index (χ4n) is 3.49. The van der Waals surface area contributed by atoms with Crippen LogP contribution in [0.15, 0.2) is 37.6 Å². The largest absolute Gasteiger partial charge is 0.444 e. The van der Waals surface area contributed by atoms with Gasteiger partial charge in [-0.3, -0.25) is 18.7 Å². The summed E-state index contributed by atoms with van der Waals surface area (Å²) in [6.07, 6.45) is -5.07. The van der Waals surface area contributed by atoms with Gasteiger partial charge >= 0.3 is 11.9 Å². The Morgan fingerprint density at radius 2 is 1.91 bits per heavy atom. The molecule has 1 N–H and O–H groups in total. The van der Waals surface area contributed by atoms with Crippen molar-refractivity contribution in [2.75, 3.05) is 5.32 Å². The van der Waals surface area contributed by atoms with Gasteiger partial charge in [-0.1, -0.05) is 6.07 Å². The first-order valence-corrected chi connectivity index (χ1v) is 10.6. The van der Waals surface area contributed by atoms with Crippen LogP contribution >= 0.6 is 11.3 Å². The summed E-state index contributed by atoms with van der Waals surface area (Å²) in [5, 5.41) is 4.25. The number of alkyl halides is 3. The third kappa shape index (κ3) is 4.02. The van der Waals surface area contributed by atoms with Gasteiger partial charge in [-0.2, -0.15) is 13.2 Å². The Hall–Kier alpha value is -3.74. The van der Waals surface area contributed by atoms with Crippen LogP contribution in [-0.4, -0.2) is 20.0 Å². The standard InChI is InChI=1S/C21H16F4N4O4S/c1-9-11(16-17(31)28(2)20(32)29(3)18(16)33-9)7-15(30)27-19-26-14(8-34-19)10-4-5-12(13(22)6-10)21(23,24)25/h4-6,8H,7H2,1-3H3,(H,26,27,30). The molecule has 0 aliphatic carbocycles. The number of carbonyl (C=O) groups excluding carboxylic acids is 1. The Balaban J connectivity index is 1.58. The Labute approximate surface area is 192 Å². The molecule has 0 aliphatic heterocycles. The summed E-state index contributed by atoms with van der Waals surface area (Å²) in [5.41, 5.74) is -1.90. The zero-order valence-corrected chi connectivity index (χ0v) is 18.7. The predicted molar refractivity (Wildman–Crippen MR) is 116 cm³/mol. The van der Waals surface area contributed by atoms with E-state index in [0.717, 1.165) is 28.0 Å². The van der Waals surface area contributed by atoms with Crippen LogP contribution in [-0.2, 0) is 31.5 Å². The van der Waals surface area contributed by atoms with Crippen molar-refractivity contribution in [1.29, 1.82) is 0 Å². The second-order valence-electron chi connectivity index (χ2n) is 7.48. The number of amides is 1. The number of thiazole rings is 1. The quantitative estimate of drug-likeness (QED) is 0.436. The number of nitrogens with zero attached hydrogens (tertiary/aromatic N) is 3. The summed E-state index contributed by atoms with van der Waals surface area (Å²) in [4.78, 5) is 41.5. The molecular formula is C21H16F4N4O4S. The first-order chi connectivity index (χ1) is 15.9. The van der Waals surface area contributed by atoms with Crippen molar-refractivity contribution in [2.45, 2.75) is 19.5 Å². The van der Waals surface area contributed by atoms with Crippen molar-refractivity contribution in [1.82, 2.24) is 14.1 Å². The number of rotatable bonds is 4. The van der Waals surface area contributed by atoms with Crippen LogP contribution in [0.25, 0.3) is 22.4 Å². The van der Waals surface area contributed by atoms with E-state index in [1.165, 1.54) is 24.0 Å². The number of furan rings is 1. The molecule has 34 heavy (non-hydrogen) atoms. The second kappa shape index (κ2) is 8.24. The molecule has 0 saturated heterocycles. The molecule has 13 heteroatoms. The summed E-state index contributed by atoms with van der Waals surface area (Å²) in [6.45, 7) is 1.56. The van der Waals surface area contributed by atoms with E-state index < -0.39 is 34.7 Å². The molecule has 178 valence electrons. The topological polar surface area (TPSA) is 99.1 Å². The zero-order valence-electron chi connectivity index (χ0n) is 17.9. The number of anilines is 1. The Morgan fingerprint density at radius 1 is 1.21 bits per heavy atom. The maximum atomic E-state index is 13.9. The molecule has 0 aliphatic rings. The number of hydrogen-bond donors (Lipinski definition) is 1. The average molecular weight is 496 g/mol. The predicted octanol–water partition coefficient (Wildman–Crippen LogP) is 3.60. The van der Waals surface area contributed by atoms with Crippen LogP contribution in [0.5, 0.6) is 0 Å². The number of benzene rings is 1. The first kappa shape index (κ1) is 23.4. The monoisotopic (exact) mass is 496 g/mol. The second-order valence-corrected chi connectivity index (χ2v) is 8.34. The number of carbonyl (C=O) groups is 1. The third-order valence-electron chi connectivity index (χ3n) is 5.25. The summed E-state index contributed by atoms with van der Waals surface area (Å²) < 4.78 is 59.8. The Morgan fingerprint density at radius 3 is 2.56 bits per heavy atom. The van der Waals surface area contributed by atoms with Gasteiger partial charge in [0.15, 0.2) is 5.13 Å². The number of hydrogen-bond acceptors (Lipinski definition) is 6. The molecule has 0 bridgehead atoms. The summed E-state index contributed by atoms with van der Waals surface area (Å²) in [5.74, 6) is -1.67. The van der Waals surface area contributed by atoms with E-state index >= 15 is 0 Å². The van der Waals surface area contributed by atoms with Gasteiger partial charge in [0.1, 0.15) is 17.0 Å². The van der Waals surface area contributed by atoms with E-state index in [1.807, 2.05) is 0 Å². The van der Waals surface area contributed by atoms with E-state index in [4.69, 9.17) is 4.42 Å². The SMILES string of the molecule is Cc1oc2c(c1CC(=O)Nc1nc(-c3ccc(C(F)(F)F)c(F)c3)cs1)c(=O)n(C)c(=O)n2C. The van der Waals surface area contributed by atoms with Gasteiger partial charge in [-0.25, -0.2) is 14.2 Å². The lowest BCUT2D eigenvalue weighted by Crippen LogP contribution is -2.36. The Kier molecular flexibility index (Phi) is 5.67. The van der Waals surface area contributed by atoms with Gasteiger partial charge in [0.25, 0.3) is 5.56 Å². The van der Waals surface area contributed by atoms with Gasteiger partial charge in [0.2, 0.25) is 11.6 Å². The van der Waals surface area contributed by atoms with E-state index in [-0.39, 0.29) is 33.9 Å². The number of aryl methyl sites for hydroxylation is 2. The minimum Gasteiger partial charge on any atom is -0.444 e. The Bertz CT molecular complexity index is 1560. The summed E-state index contributed by atoms with van der Waals surface area (Å²) in [6, 6.07) is 2.45. The average Bonchev–Trinajstić information content (AvgIpc) is 3.34. The van der Waals surface area contributed by atoms with Gasteiger partial charge in [0, 0.05) is 30.6 Å². The zero-order chi connectivity index (χ0) is 24.9. The van der Waals surface area contributed by atoms with E-state index in [2.05, 4.69) is 10.3 Å². The van der Waals surface area contributed by atoms with Crippen molar-refractivity contribution in [2.24, 2.45) is 14.1 Å². The number of aromatic nitrogens is 3. The lowest BCUT2D eigenvalue weighted by Gasteiger charge is -2.08. The molecule has 4 aromatic rings. The summed E-state index contributed by atoms with van der Waals surface area (Å²) in [7, 11) is 2.76. The molecule has 8 nitrogen and oxygen atoms in total. The molecule has 0 saturated carbocycles. The molecule has 3 aromatic heterocycles. The molecule has 1 aromatic carbocycles. The van der Waals surface area contributed by atoms with Gasteiger partial charge in [0.05, 0.1) is 17.7 Å². The number of fused-ring (bicyclic) bond motifs is 1. The highest BCUT2D eigenvalue weighted by molar-refractivity contribution is 7.14. The minimum absolute atomic E-state index is 0.0502. The molecular weight excluding hydrogens is 480 g/mol. The maximum Gasteiger partial charge on any atom is 0.419 e. The molecule has 3 heterocycles. The van der Waals surface area contributed by atoms with Gasteiger partial charge < -0.3 is 9.73 Å². The molecule has 0 radical (unpaired) electrons. The minimum atomic E-state index is -4.81. The summed E-state index contributed by atoms with van der Waals surface area (Å²) >= 11 is 0.996. The molecule has 0 atom stereocenters. The lowest BCUT2D eigenvalue weighted by atomic mass is 10.1. The number of halogens is 4. The molecule has 0 fully saturated rings. The maximum absolute atomic E-state index is 13.9. The van der Waals surface area contributed by atoms with Crippen molar-refractivity contribution < 1.29 is 26.8 Å². The highest BCUT2D eigenvalue weighted by Gasteiger charge is 2.34. The van der Waals surface area contributed by atoms with Gasteiger partial charge in [-0.15, -0.1) is 11.3 Å². The van der Waals surface area contributed by atoms with Crippen molar-refractivity contribution >= 4 is 33.5 Å². The van der Waals surface area contributed by atoms with E-state index in [1.54, 1.807) is 6.92 Å².